The van der Waals surface area contributed by atoms with Crippen LogP contribution in [0.5, 0.6) is 0 Å². The van der Waals surface area contributed by atoms with E-state index in [0.717, 1.165) is 6.42 Å². The summed E-state index contributed by atoms with van der Waals surface area (Å²) in [5.74, 6) is 0. The molecule has 0 fully saturated rings. The molecule has 0 saturated heterocycles. The molecule has 0 N–H and O–H groups in total. The molecular formula is C11H20N2. The van der Waals surface area contributed by atoms with Crippen molar-refractivity contribution in [3.05, 3.63) is 18.0 Å². The van der Waals surface area contributed by atoms with Gasteiger partial charge in [0, 0.05) is 17.9 Å². The molecule has 1 rings (SSSR count). The van der Waals surface area contributed by atoms with Crippen LogP contribution in [0.15, 0.2) is 12.3 Å². The lowest BCUT2D eigenvalue weighted by Crippen LogP contribution is -2.15. The highest BCUT2D eigenvalue weighted by Gasteiger charge is 2.15. The molecule has 0 unspecified atom stereocenters. The van der Waals surface area contributed by atoms with Gasteiger partial charge in [-0.25, -0.2) is 0 Å². The second-order valence-corrected chi connectivity index (χ2v) is 5.10. The van der Waals surface area contributed by atoms with E-state index in [-0.39, 0.29) is 0 Å². The van der Waals surface area contributed by atoms with Gasteiger partial charge < -0.3 is 0 Å². The van der Waals surface area contributed by atoms with E-state index < -0.39 is 0 Å². The van der Waals surface area contributed by atoms with Crippen molar-refractivity contribution in [3.63, 3.8) is 0 Å². The smallest absolute Gasteiger partial charge is 0.0492 e. The number of rotatable bonds is 2. The summed E-state index contributed by atoms with van der Waals surface area (Å²) in [5.41, 5.74) is 1.68. The molecule has 13 heavy (non-hydrogen) atoms. The molecule has 2 heteroatoms. The van der Waals surface area contributed by atoms with Gasteiger partial charge in [0.25, 0.3) is 0 Å². The van der Waals surface area contributed by atoms with Crippen molar-refractivity contribution in [3.8, 4) is 0 Å². The lowest BCUT2D eigenvalue weighted by molar-refractivity contribution is 0.383. The summed E-state index contributed by atoms with van der Waals surface area (Å²) in [7, 11) is 0. The van der Waals surface area contributed by atoms with Crippen molar-refractivity contribution in [2.24, 2.45) is 5.41 Å². The molecule has 0 aliphatic rings. The van der Waals surface area contributed by atoms with E-state index in [9.17, 15) is 0 Å². The summed E-state index contributed by atoms with van der Waals surface area (Å²) in [6.45, 7) is 11.1. The fourth-order valence-electron chi connectivity index (χ4n) is 1.49. The average Bonchev–Trinajstić information content (AvgIpc) is 2.31. The van der Waals surface area contributed by atoms with Gasteiger partial charge in [-0.15, -0.1) is 0 Å². The van der Waals surface area contributed by atoms with Crippen LogP contribution in [-0.2, 0) is 6.42 Å². The third-order valence-corrected chi connectivity index (χ3v) is 1.95. The number of hydrogen-bond acceptors (Lipinski definition) is 1. The van der Waals surface area contributed by atoms with Crippen molar-refractivity contribution >= 4 is 0 Å². The zero-order valence-electron chi connectivity index (χ0n) is 9.33. The molecule has 0 atom stereocenters. The van der Waals surface area contributed by atoms with Gasteiger partial charge in [0.1, 0.15) is 0 Å². The van der Waals surface area contributed by atoms with Gasteiger partial charge >= 0.3 is 0 Å². The first kappa shape index (κ1) is 10.3. The Balaban J connectivity index is 2.83. The maximum Gasteiger partial charge on any atom is 0.0492 e. The summed E-state index contributed by atoms with van der Waals surface area (Å²) in [6, 6.07) is 2.58. The van der Waals surface area contributed by atoms with Crippen LogP contribution in [-0.4, -0.2) is 9.78 Å². The van der Waals surface area contributed by atoms with Gasteiger partial charge in [-0.05, 0) is 31.7 Å². The average molecular weight is 180 g/mol. The van der Waals surface area contributed by atoms with Crippen LogP contribution in [0, 0.1) is 5.41 Å². The van der Waals surface area contributed by atoms with E-state index in [0.29, 0.717) is 11.5 Å². The second kappa shape index (κ2) is 3.52. The van der Waals surface area contributed by atoms with Gasteiger partial charge in [-0.2, -0.15) is 5.10 Å². The maximum absolute atomic E-state index is 4.32. The molecule has 0 aliphatic carbocycles. The summed E-state index contributed by atoms with van der Waals surface area (Å²) >= 11 is 0. The molecule has 1 heterocycles. The van der Waals surface area contributed by atoms with Crippen LogP contribution in [0.3, 0.4) is 0 Å². The lowest BCUT2D eigenvalue weighted by Gasteiger charge is -2.20. The number of nitrogens with zero attached hydrogens (tertiary/aromatic N) is 2. The van der Waals surface area contributed by atoms with Crippen molar-refractivity contribution in [2.75, 3.05) is 0 Å². The van der Waals surface area contributed by atoms with E-state index in [1.165, 1.54) is 5.69 Å². The van der Waals surface area contributed by atoms with E-state index in [1.807, 2.05) is 6.20 Å². The Morgan fingerprint density at radius 3 is 2.46 bits per heavy atom. The van der Waals surface area contributed by atoms with Crippen molar-refractivity contribution in [1.29, 1.82) is 0 Å². The Bertz CT molecular complexity index is 266. The zero-order valence-corrected chi connectivity index (χ0v) is 9.33. The van der Waals surface area contributed by atoms with Gasteiger partial charge in [-0.1, -0.05) is 20.8 Å². The normalized spacial score (nSPS) is 12.5. The molecular weight excluding hydrogens is 160 g/mol. The van der Waals surface area contributed by atoms with E-state index in [1.54, 1.807) is 0 Å². The number of aromatic nitrogens is 2. The van der Waals surface area contributed by atoms with Gasteiger partial charge in [-0.3, -0.25) is 4.68 Å². The van der Waals surface area contributed by atoms with Crippen LogP contribution in [0.2, 0.25) is 0 Å². The predicted octanol–water partition coefficient (Wildman–Crippen LogP) is 3.05. The Kier molecular flexibility index (Phi) is 2.79. The molecule has 0 saturated carbocycles. The minimum atomic E-state index is 0.340. The highest BCUT2D eigenvalue weighted by Crippen LogP contribution is 2.21. The van der Waals surface area contributed by atoms with Crippen molar-refractivity contribution in [2.45, 2.75) is 47.1 Å². The van der Waals surface area contributed by atoms with Crippen molar-refractivity contribution < 1.29 is 0 Å². The Labute approximate surface area is 81.0 Å². The van der Waals surface area contributed by atoms with Gasteiger partial charge in [0.05, 0.1) is 0 Å². The van der Waals surface area contributed by atoms with Crippen LogP contribution in [0.4, 0.5) is 0 Å². The largest absolute Gasteiger partial charge is 0.267 e. The number of hydrogen-bond donors (Lipinski definition) is 0. The second-order valence-electron chi connectivity index (χ2n) is 5.10. The van der Waals surface area contributed by atoms with E-state index in [2.05, 4.69) is 50.5 Å². The Morgan fingerprint density at radius 2 is 2.00 bits per heavy atom. The first-order valence-corrected chi connectivity index (χ1v) is 4.92. The van der Waals surface area contributed by atoms with Gasteiger partial charge in [0.15, 0.2) is 0 Å². The highest BCUT2D eigenvalue weighted by molar-refractivity contribution is 5.03. The molecule has 74 valence electrons. The van der Waals surface area contributed by atoms with E-state index in [4.69, 9.17) is 0 Å². The molecule has 1 aromatic rings. The summed E-state index contributed by atoms with van der Waals surface area (Å²) < 4.78 is 2.10. The quantitative estimate of drug-likeness (QED) is 0.684. The van der Waals surface area contributed by atoms with E-state index >= 15 is 0 Å². The predicted molar refractivity (Wildman–Crippen MR) is 55.8 cm³/mol. The molecule has 0 aliphatic heterocycles. The standard InChI is InChI=1S/C11H20N2/c1-9(2)13-10(6-7-12-13)8-11(3,4)5/h6-7,9H,8H2,1-5H3. The Hall–Kier alpha value is -0.790. The Morgan fingerprint density at radius 1 is 1.38 bits per heavy atom. The third kappa shape index (κ3) is 2.87. The van der Waals surface area contributed by atoms with Crippen molar-refractivity contribution in [1.82, 2.24) is 9.78 Å². The minimum absolute atomic E-state index is 0.340. The maximum atomic E-state index is 4.32. The van der Waals surface area contributed by atoms with Crippen LogP contribution in [0.1, 0.15) is 46.4 Å². The lowest BCUT2D eigenvalue weighted by atomic mass is 9.90. The summed E-state index contributed by atoms with van der Waals surface area (Å²) in [6.07, 6.45) is 2.98. The fraction of sp³-hybridized carbons (Fsp3) is 0.727. The third-order valence-electron chi connectivity index (χ3n) is 1.95. The molecule has 1 aromatic heterocycles. The van der Waals surface area contributed by atoms with Crippen LogP contribution >= 0.6 is 0 Å². The monoisotopic (exact) mass is 180 g/mol. The molecule has 0 radical (unpaired) electrons. The molecule has 0 bridgehead atoms. The topological polar surface area (TPSA) is 17.8 Å². The first-order valence-electron chi connectivity index (χ1n) is 4.92. The SMILES string of the molecule is CC(C)n1nccc1CC(C)(C)C. The first-order chi connectivity index (χ1) is 5.90. The fourth-order valence-corrected chi connectivity index (χ4v) is 1.49. The molecule has 2 nitrogen and oxygen atoms in total. The zero-order chi connectivity index (χ0) is 10.1. The molecule has 0 amide bonds. The highest BCUT2D eigenvalue weighted by atomic mass is 15.3. The molecule has 0 aromatic carbocycles. The van der Waals surface area contributed by atoms with Gasteiger partial charge in [0.2, 0.25) is 0 Å². The minimum Gasteiger partial charge on any atom is -0.267 e. The summed E-state index contributed by atoms with van der Waals surface area (Å²) in [4.78, 5) is 0. The van der Waals surface area contributed by atoms with Crippen LogP contribution in [0.25, 0.3) is 0 Å². The summed E-state index contributed by atoms with van der Waals surface area (Å²) in [5, 5.41) is 4.32. The van der Waals surface area contributed by atoms with Crippen LogP contribution < -0.4 is 0 Å². The molecule has 0 spiro atoms.